The predicted molar refractivity (Wildman–Crippen MR) is 112 cm³/mol. The third-order valence-corrected chi connectivity index (χ3v) is 5.58. The van der Waals surface area contributed by atoms with E-state index in [1.807, 2.05) is 59.5 Å². The summed E-state index contributed by atoms with van der Waals surface area (Å²) >= 11 is 0. The van der Waals surface area contributed by atoms with E-state index in [0.29, 0.717) is 39.1 Å². The number of fused-ring (bicyclic) bond motifs is 1. The molecule has 4 rings (SSSR count). The van der Waals surface area contributed by atoms with Crippen molar-refractivity contribution in [2.24, 2.45) is 0 Å². The molecule has 1 saturated heterocycles. The molecule has 2 amide bonds. The summed E-state index contributed by atoms with van der Waals surface area (Å²) in [6.07, 6.45) is 1.93. The molecule has 2 aromatic carbocycles. The van der Waals surface area contributed by atoms with Crippen molar-refractivity contribution in [2.45, 2.75) is 25.3 Å². The van der Waals surface area contributed by atoms with E-state index < -0.39 is 0 Å². The number of nitrogens with zero attached hydrogens (tertiary/aromatic N) is 2. The minimum Gasteiger partial charge on any atom is -0.490 e. The molecule has 2 heterocycles. The first-order chi connectivity index (χ1) is 14.2. The first kappa shape index (κ1) is 19.5. The molecule has 6 nitrogen and oxygen atoms in total. The fourth-order valence-corrected chi connectivity index (χ4v) is 4.06. The van der Waals surface area contributed by atoms with Crippen LogP contribution in [0.25, 0.3) is 0 Å². The summed E-state index contributed by atoms with van der Waals surface area (Å²) in [5.74, 6) is 0.877. The lowest BCUT2D eigenvalue weighted by Crippen LogP contribution is -2.47. The Hall–Kier alpha value is -2.86. The molecule has 1 N–H and O–H groups in total. The summed E-state index contributed by atoms with van der Waals surface area (Å²) in [6.45, 7) is 3.13. The number of benzene rings is 2. The van der Waals surface area contributed by atoms with Crippen LogP contribution in [0.15, 0.2) is 54.6 Å². The highest BCUT2D eigenvalue weighted by Crippen LogP contribution is 2.31. The second-order valence-corrected chi connectivity index (χ2v) is 7.50. The third-order valence-electron chi connectivity index (χ3n) is 5.58. The zero-order valence-electron chi connectivity index (χ0n) is 16.5. The maximum Gasteiger partial charge on any atom is 0.237 e. The summed E-state index contributed by atoms with van der Waals surface area (Å²) < 4.78 is 5.66. The van der Waals surface area contributed by atoms with Gasteiger partial charge in [0.1, 0.15) is 12.4 Å². The van der Waals surface area contributed by atoms with Crippen molar-refractivity contribution < 1.29 is 14.3 Å². The Morgan fingerprint density at radius 3 is 2.72 bits per heavy atom. The molecule has 2 aromatic rings. The molecule has 2 aliphatic heterocycles. The summed E-state index contributed by atoms with van der Waals surface area (Å²) in [5.41, 5.74) is 1.96. The molecule has 1 atom stereocenters. The molecule has 0 bridgehead atoms. The highest BCUT2D eigenvalue weighted by atomic mass is 16.5. The molecular weight excluding hydrogens is 366 g/mol. The third kappa shape index (κ3) is 4.59. The van der Waals surface area contributed by atoms with Gasteiger partial charge in [-0.05, 0) is 30.5 Å². The van der Waals surface area contributed by atoms with Crippen molar-refractivity contribution in [3.05, 3.63) is 60.2 Å². The number of rotatable bonds is 5. The van der Waals surface area contributed by atoms with Crippen LogP contribution in [0.2, 0.25) is 0 Å². The van der Waals surface area contributed by atoms with E-state index in [9.17, 15) is 9.59 Å². The van der Waals surface area contributed by atoms with Gasteiger partial charge in [-0.25, -0.2) is 0 Å². The van der Waals surface area contributed by atoms with E-state index in [2.05, 4.69) is 10.2 Å². The van der Waals surface area contributed by atoms with Crippen molar-refractivity contribution in [3.8, 4) is 5.75 Å². The zero-order valence-corrected chi connectivity index (χ0v) is 16.5. The first-order valence-corrected chi connectivity index (χ1v) is 10.3. The Morgan fingerprint density at radius 2 is 1.86 bits per heavy atom. The number of anilines is 1. The van der Waals surface area contributed by atoms with Crippen LogP contribution in [0.1, 0.15) is 18.4 Å². The highest BCUT2D eigenvalue weighted by molar-refractivity contribution is 5.95. The fourth-order valence-electron chi connectivity index (χ4n) is 4.06. The van der Waals surface area contributed by atoms with Crippen LogP contribution in [0.4, 0.5) is 5.69 Å². The lowest BCUT2D eigenvalue weighted by molar-refractivity contribution is -0.126. The van der Waals surface area contributed by atoms with Gasteiger partial charge in [0.25, 0.3) is 0 Å². The van der Waals surface area contributed by atoms with Gasteiger partial charge in [0, 0.05) is 26.1 Å². The first-order valence-electron chi connectivity index (χ1n) is 10.3. The van der Waals surface area contributed by atoms with Gasteiger partial charge in [-0.1, -0.05) is 42.5 Å². The van der Waals surface area contributed by atoms with Crippen LogP contribution in [0.3, 0.4) is 0 Å². The molecule has 6 heteroatoms. The molecule has 0 aromatic heterocycles. The average Bonchev–Trinajstić information content (AvgIpc) is 2.94. The highest BCUT2D eigenvalue weighted by Gasteiger charge is 2.30. The number of amides is 2. The van der Waals surface area contributed by atoms with Gasteiger partial charge in [-0.2, -0.15) is 0 Å². The number of hydrogen-bond donors (Lipinski definition) is 1. The fraction of sp³-hybridized carbons (Fsp3) is 0.391. The van der Waals surface area contributed by atoms with E-state index >= 15 is 0 Å². The Balaban J connectivity index is 1.44. The predicted octanol–water partition coefficient (Wildman–Crippen LogP) is 2.24. The van der Waals surface area contributed by atoms with E-state index in [1.165, 1.54) is 0 Å². The summed E-state index contributed by atoms with van der Waals surface area (Å²) in [6, 6.07) is 17.5. The van der Waals surface area contributed by atoms with E-state index in [0.717, 1.165) is 30.0 Å². The molecule has 1 fully saturated rings. The monoisotopic (exact) mass is 393 g/mol. The summed E-state index contributed by atoms with van der Waals surface area (Å²) in [4.78, 5) is 29.6. The molecule has 0 spiro atoms. The van der Waals surface area contributed by atoms with Crippen LogP contribution in [-0.2, 0) is 16.0 Å². The van der Waals surface area contributed by atoms with Crippen molar-refractivity contribution in [1.29, 1.82) is 0 Å². The number of carbonyl (C=O) groups is 2. The Kier molecular flexibility index (Phi) is 6.10. The van der Waals surface area contributed by atoms with Gasteiger partial charge in [0.15, 0.2) is 0 Å². The van der Waals surface area contributed by atoms with Crippen molar-refractivity contribution >= 4 is 17.5 Å². The topological polar surface area (TPSA) is 61.9 Å². The number of carbonyl (C=O) groups excluding carboxylic acids is 2. The maximum absolute atomic E-state index is 13.0. The van der Waals surface area contributed by atoms with Crippen LogP contribution < -0.4 is 15.0 Å². The van der Waals surface area contributed by atoms with E-state index in [1.54, 1.807) is 0 Å². The molecule has 2 aliphatic rings. The maximum atomic E-state index is 13.0. The molecule has 0 radical (unpaired) electrons. The Bertz CT molecular complexity index is 855. The Labute approximate surface area is 171 Å². The van der Waals surface area contributed by atoms with Gasteiger partial charge in [0.05, 0.1) is 18.3 Å². The van der Waals surface area contributed by atoms with Gasteiger partial charge >= 0.3 is 0 Å². The number of ether oxygens (including phenoxy) is 1. The second kappa shape index (κ2) is 9.09. The standard InChI is InChI=1S/C23H27N3O3/c27-22(26-15-16-29-21-10-5-4-9-19(21)26)11-14-25-13-6-12-24-23(28)20(25)17-18-7-2-1-3-8-18/h1-5,7-10,20H,6,11-17H2,(H,24,28). The molecule has 0 saturated carbocycles. The Morgan fingerprint density at radius 1 is 1.07 bits per heavy atom. The summed E-state index contributed by atoms with van der Waals surface area (Å²) in [7, 11) is 0. The normalized spacial score (nSPS) is 19.7. The lowest BCUT2D eigenvalue weighted by Gasteiger charge is -2.32. The van der Waals surface area contributed by atoms with E-state index in [4.69, 9.17) is 4.74 Å². The molecule has 29 heavy (non-hydrogen) atoms. The quantitative estimate of drug-likeness (QED) is 0.846. The van der Waals surface area contributed by atoms with Crippen LogP contribution in [0.5, 0.6) is 5.75 Å². The van der Waals surface area contributed by atoms with E-state index in [-0.39, 0.29) is 17.9 Å². The zero-order chi connectivity index (χ0) is 20.1. The molecular formula is C23H27N3O3. The SMILES string of the molecule is O=C1NCCCN(CCC(=O)N2CCOc3ccccc32)C1Cc1ccccc1. The van der Waals surface area contributed by atoms with Gasteiger partial charge < -0.3 is 15.0 Å². The number of hydrogen-bond acceptors (Lipinski definition) is 4. The van der Waals surface area contributed by atoms with Crippen molar-refractivity contribution in [1.82, 2.24) is 10.2 Å². The number of para-hydroxylation sites is 2. The van der Waals surface area contributed by atoms with Crippen LogP contribution in [0, 0.1) is 0 Å². The minimum absolute atomic E-state index is 0.0514. The summed E-state index contributed by atoms with van der Waals surface area (Å²) in [5, 5.41) is 3.02. The largest absolute Gasteiger partial charge is 0.490 e. The van der Waals surface area contributed by atoms with Crippen LogP contribution in [-0.4, -0.2) is 55.5 Å². The smallest absolute Gasteiger partial charge is 0.237 e. The minimum atomic E-state index is -0.246. The lowest BCUT2D eigenvalue weighted by atomic mass is 10.0. The molecule has 0 aliphatic carbocycles. The second-order valence-electron chi connectivity index (χ2n) is 7.50. The van der Waals surface area contributed by atoms with Gasteiger partial charge in [0.2, 0.25) is 11.8 Å². The molecule has 152 valence electrons. The van der Waals surface area contributed by atoms with Gasteiger partial charge in [-0.3, -0.25) is 14.5 Å². The van der Waals surface area contributed by atoms with Crippen LogP contribution >= 0.6 is 0 Å². The van der Waals surface area contributed by atoms with Gasteiger partial charge in [-0.15, -0.1) is 0 Å². The average molecular weight is 393 g/mol. The molecule has 1 unspecified atom stereocenters. The van der Waals surface area contributed by atoms with Crippen molar-refractivity contribution in [3.63, 3.8) is 0 Å². The van der Waals surface area contributed by atoms with Crippen molar-refractivity contribution in [2.75, 3.05) is 37.7 Å². The number of nitrogens with one attached hydrogen (secondary N) is 1.